The van der Waals surface area contributed by atoms with Gasteiger partial charge < -0.3 is 9.47 Å². The van der Waals surface area contributed by atoms with Crippen molar-refractivity contribution in [1.29, 1.82) is 0 Å². The molecule has 0 aliphatic heterocycles. The lowest BCUT2D eigenvalue weighted by Gasteiger charge is -2.26. The number of aryl methyl sites for hydroxylation is 2. The van der Waals surface area contributed by atoms with Crippen molar-refractivity contribution in [3.63, 3.8) is 0 Å². The number of alkyl halides is 1. The molecule has 2 rings (SSSR count). The number of rotatable bonds is 8. The van der Waals surface area contributed by atoms with Crippen LogP contribution in [0, 0.1) is 0 Å². The molecule has 0 aliphatic carbocycles. The van der Waals surface area contributed by atoms with Crippen LogP contribution in [0.4, 0.5) is 5.69 Å². The average molecular weight is 392 g/mol. The van der Waals surface area contributed by atoms with E-state index < -0.39 is 0 Å². The molecule has 0 unspecified atom stereocenters. The van der Waals surface area contributed by atoms with Crippen molar-refractivity contribution in [3.05, 3.63) is 59.7 Å². The summed E-state index contributed by atoms with van der Waals surface area (Å²) in [6.07, 6.45) is 1.75. The zero-order chi connectivity index (χ0) is 20.1. The number of para-hydroxylation sites is 2. The number of carbonyl (C=O) groups excluding carboxylic acids is 1. The van der Waals surface area contributed by atoms with Crippen molar-refractivity contribution in [2.75, 3.05) is 31.2 Å². The summed E-state index contributed by atoms with van der Waals surface area (Å²) in [5.74, 6) is 0.777. The fourth-order valence-electron chi connectivity index (χ4n) is 2.71. The lowest BCUT2D eigenvalue weighted by molar-refractivity contribution is -0.117. The first-order chi connectivity index (χ1) is 13.1. The highest BCUT2D eigenvalue weighted by molar-refractivity contribution is 6.29. The highest BCUT2D eigenvalue weighted by Gasteiger charge is 2.19. The number of hydrogen-bond donors (Lipinski definition) is 0. The Bertz CT molecular complexity index is 654. The monoisotopic (exact) mass is 391 g/mol. The first kappa shape index (κ1) is 23.0. The summed E-state index contributed by atoms with van der Waals surface area (Å²) in [7, 11) is 1.58. The quantitative estimate of drug-likeness (QED) is 0.465. The average Bonchev–Trinajstić information content (AvgIpc) is 2.72. The molecule has 0 aromatic heterocycles. The van der Waals surface area contributed by atoms with E-state index in [-0.39, 0.29) is 18.5 Å². The minimum absolute atomic E-state index is 0.0371. The Morgan fingerprint density at radius 1 is 0.963 bits per heavy atom. The third-order valence-corrected chi connectivity index (χ3v) is 4.19. The predicted octanol–water partition coefficient (Wildman–Crippen LogP) is 5.07. The maximum atomic E-state index is 12.0. The molecule has 0 atom stereocenters. The van der Waals surface area contributed by atoms with Crippen molar-refractivity contribution >= 4 is 23.2 Å². The zero-order valence-electron chi connectivity index (χ0n) is 16.7. The van der Waals surface area contributed by atoms with Crippen LogP contribution in [0.1, 0.15) is 31.9 Å². The van der Waals surface area contributed by atoms with Crippen molar-refractivity contribution in [2.24, 2.45) is 0 Å². The molecule has 0 saturated heterocycles. The summed E-state index contributed by atoms with van der Waals surface area (Å²) in [5.41, 5.74) is 3.24. The highest BCUT2D eigenvalue weighted by atomic mass is 35.5. The van der Waals surface area contributed by atoms with E-state index >= 15 is 0 Å². The largest absolute Gasteiger partial charge is 0.494 e. The van der Waals surface area contributed by atoms with Gasteiger partial charge in [0, 0.05) is 7.11 Å². The van der Waals surface area contributed by atoms with Gasteiger partial charge >= 0.3 is 0 Å². The second-order valence-corrected chi connectivity index (χ2v) is 6.02. The smallest absolute Gasteiger partial charge is 0.243 e. The molecule has 27 heavy (non-hydrogen) atoms. The molecular formula is C22H30ClNO3. The predicted molar refractivity (Wildman–Crippen MR) is 113 cm³/mol. The van der Waals surface area contributed by atoms with Crippen LogP contribution >= 0.6 is 11.6 Å². The van der Waals surface area contributed by atoms with E-state index in [1.54, 1.807) is 12.0 Å². The van der Waals surface area contributed by atoms with E-state index in [2.05, 4.69) is 13.8 Å². The highest BCUT2D eigenvalue weighted by Crippen LogP contribution is 2.27. The first-order valence-corrected chi connectivity index (χ1v) is 9.80. The summed E-state index contributed by atoms with van der Waals surface area (Å²) in [6, 6.07) is 15.9. The van der Waals surface area contributed by atoms with E-state index in [1.165, 1.54) is 0 Å². The third-order valence-electron chi connectivity index (χ3n) is 3.96. The number of anilines is 1. The molecule has 0 radical (unpaired) electrons. The number of halogens is 1. The van der Waals surface area contributed by atoms with Gasteiger partial charge in [0.05, 0.1) is 12.3 Å². The number of carbonyl (C=O) groups is 1. The maximum absolute atomic E-state index is 12.0. The lowest BCUT2D eigenvalue weighted by Crippen LogP contribution is -2.35. The fourth-order valence-corrected chi connectivity index (χ4v) is 2.85. The van der Waals surface area contributed by atoms with Gasteiger partial charge in [-0.1, -0.05) is 50.2 Å². The summed E-state index contributed by atoms with van der Waals surface area (Å²) in [5, 5.41) is 0. The van der Waals surface area contributed by atoms with Crippen LogP contribution in [0.5, 0.6) is 5.75 Å². The van der Waals surface area contributed by atoms with E-state index in [0.717, 1.165) is 42.0 Å². The molecule has 2 aromatic carbocycles. The van der Waals surface area contributed by atoms with Crippen LogP contribution in [0.3, 0.4) is 0 Å². The van der Waals surface area contributed by atoms with Crippen LogP contribution in [0.2, 0.25) is 0 Å². The molecule has 0 saturated carbocycles. The molecule has 0 aliphatic rings. The molecule has 0 spiro atoms. The third kappa shape index (κ3) is 7.24. The van der Waals surface area contributed by atoms with Crippen molar-refractivity contribution in [3.8, 4) is 5.75 Å². The molecule has 4 nitrogen and oxygen atoms in total. The van der Waals surface area contributed by atoms with E-state index in [9.17, 15) is 4.79 Å². The first-order valence-electron chi connectivity index (χ1n) is 9.26. The van der Waals surface area contributed by atoms with Gasteiger partial charge in [0.15, 0.2) is 0 Å². The maximum Gasteiger partial charge on any atom is 0.243 e. The van der Waals surface area contributed by atoms with E-state index in [4.69, 9.17) is 21.1 Å². The van der Waals surface area contributed by atoms with Gasteiger partial charge in [0.1, 0.15) is 18.4 Å². The van der Waals surface area contributed by atoms with Gasteiger partial charge in [-0.15, -0.1) is 11.6 Å². The Kier molecular flexibility index (Phi) is 11.2. The number of nitrogens with zero attached hydrogens (tertiary/aromatic N) is 1. The normalized spacial score (nSPS) is 9.96. The van der Waals surface area contributed by atoms with Crippen molar-refractivity contribution < 1.29 is 14.3 Å². The van der Waals surface area contributed by atoms with Crippen molar-refractivity contribution in [2.45, 2.75) is 33.6 Å². The summed E-state index contributed by atoms with van der Waals surface area (Å²) >= 11 is 5.68. The number of methoxy groups -OCH3 is 1. The van der Waals surface area contributed by atoms with Crippen LogP contribution in [-0.4, -0.2) is 32.2 Å². The molecule has 5 heteroatoms. The Morgan fingerprint density at radius 2 is 1.56 bits per heavy atom. The number of hydrogen-bond acceptors (Lipinski definition) is 3. The van der Waals surface area contributed by atoms with Crippen LogP contribution in [0.25, 0.3) is 0 Å². The minimum atomic E-state index is -0.130. The number of amides is 1. The van der Waals surface area contributed by atoms with Crippen LogP contribution in [0.15, 0.2) is 48.5 Å². The molecule has 0 heterocycles. The van der Waals surface area contributed by atoms with Crippen molar-refractivity contribution in [1.82, 2.24) is 0 Å². The van der Waals surface area contributed by atoms with Crippen LogP contribution < -0.4 is 9.64 Å². The molecule has 0 bridgehead atoms. The molecule has 148 valence electrons. The molecule has 0 fully saturated rings. The van der Waals surface area contributed by atoms with E-state index in [0.29, 0.717) is 0 Å². The van der Waals surface area contributed by atoms with E-state index in [1.807, 2.05) is 55.5 Å². The Labute approximate surface area is 168 Å². The zero-order valence-corrected chi connectivity index (χ0v) is 17.5. The summed E-state index contributed by atoms with van der Waals surface area (Å²) < 4.78 is 10.3. The number of ether oxygens (including phenoxy) is 2. The van der Waals surface area contributed by atoms with Gasteiger partial charge in [-0.2, -0.15) is 0 Å². The SMILES string of the molecule is CCOc1ccccc1.CCc1cccc(CC)c1N(COC)C(=O)CCl. The summed E-state index contributed by atoms with van der Waals surface area (Å²) in [4.78, 5) is 13.6. The van der Waals surface area contributed by atoms with Gasteiger partial charge in [-0.25, -0.2) is 0 Å². The standard InChI is InChI=1S/C14H20ClNO2.C8H10O/c1-4-11-7-6-8-12(5-2)14(11)16(10-18-3)13(17)9-15;1-2-9-8-6-4-3-5-7-8/h6-8H,4-5,9-10H2,1-3H3;3-7H,2H2,1H3. The Hall–Kier alpha value is -2.04. The molecular weight excluding hydrogens is 362 g/mol. The topological polar surface area (TPSA) is 38.8 Å². The second-order valence-electron chi connectivity index (χ2n) is 5.75. The summed E-state index contributed by atoms with van der Waals surface area (Å²) in [6.45, 7) is 7.11. The van der Waals surface area contributed by atoms with Gasteiger partial charge in [0.2, 0.25) is 5.91 Å². The van der Waals surface area contributed by atoms with Gasteiger partial charge in [-0.3, -0.25) is 9.69 Å². The fraction of sp³-hybridized carbons (Fsp3) is 0.409. The Balaban J connectivity index is 0.000000337. The molecule has 1 amide bonds. The van der Waals surface area contributed by atoms with Crippen LogP contribution in [-0.2, 0) is 22.4 Å². The second kappa shape index (κ2) is 13.2. The lowest BCUT2D eigenvalue weighted by atomic mass is 10.0. The van der Waals surface area contributed by atoms with Gasteiger partial charge in [0.25, 0.3) is 0 Å². The molecule has 2 aromatic rings. The minimum Gasteiger partial charge on any atom is -0.494 e. The number of benzene rings is 2. The Morgan fingerprint density at radius 3 is 2.00 bits per heavy atom. The molecule has 0 N–H and O–H groups in total. The van der Waals surface area contributed by atoms with Gasteiger partial charge in [-0.05, 0) is 43.0 Å².